The highest BCUT2D eigenvalue weighted by Crippen LogP contribution is 2.23. The SMILES string of the molecule is O=c1[nH]c2ncc(-c3cnc4[nH]ccc4n3)cc2n1CC1CCOCC1. The van der Waals surface area contributed by atoms with E-state index in [1.807, 2.05) is 18.3 Å². The molecule has 0 radical (unpaired) electrons. The van der Waals surface area contributed by atoms with E-state index < -0.39 is 0 Å². The number of imidazole rings is 1. The van der Waals surface area contributed by atoms with Crippen LogP contribution in [0.5, 0.6) is 0 Å². The molecule has 1 aliphatic rings. The van der Waals surface area contributed by atoms with Crippen LogP contribution in [0, 0.1) is 5.92 Å². The fourth-order valence-electron chi connectivity index (χ4n) is 3.51. The molecule has 1 saturated heterocycles. The molecule has 8 heteroatoms. The van der Waals surface area contributed by atoms with Gasteiger partial charge in [0, 0.05) is 37.7 Å². The van der Waals surface area contributed by atoms with Crippen molar-refractivity contribution in [3.8, 4) is 11.3 Å². The summed E-state index contributed by atoms with van der Waals surface area (Å²) in [4.78, 5) is 31.7. The number of H-pyrrole nitrogens is 2. The quantitative estimate of drug-likeness (QED) is 0.589. The number of aromatic amines is 2. The molecule has 1 aliphatic heterocycles. The van der Waals surface area contributed by atoms with Gasteiger partial charge >= 0.3 is 5.69 Å². The lowest BCUT2D eigenvalue weighted by Gasteiger charge is -2.22. The van der Waals surface area contributed by atoms with Crippen LogP contribution in [-0.4, -0.2) is 42.7 Å². The third-order valence-corrected chi connectivity index (χ3v) is 4.97. The zero-order valence-corrected chi connectivity index (χ0v) is 14.1. The summed E-state index contributed by atoms with van der Waals surface area (Å²) in [5, 5.41) is 0. The third-order valence-electron chi connectivity index (χ3n) is 4.97. The Labute approximate surface area is 148 Å². The third kappa shape index (κ3) is 2.59. The number of nitrogens with one attached hydrogen (secondary N) is 2. The van der Waals surface area contributed by atoms with E-state index in [9.17, 15) is 4.79 Å². The molecule has 1 fully saturated rings. The lowest BCUT2D eigenvalue weighted by molar-refractivity contribution is 0.0613. The zero-order valence-electron chi connectivity index (χ0n) is 14.1. The molecule has 5 rings (SSSR count). The Morgan fingerprint density at radius 1 is 1.19 bits per heavy atom. The first kappa shape index (κ1) is 15.3. The highest BCUT2D eigenvalue weighted by atomic mass is 16.5. The largest absolute Gasteiger partial charge is 0.381 e. The van der Waals surface area contributed by atoms with Gasteiger partial charge in [0.1, 0.15) is 5.52 Å². The van der Waals surface area contributed by atoms with Gasteiger partial charge in [-0.25, -0.2) is 19.7 Å². The second-order valence-corrected chi connectivity index (χ2v) is 6.65. The summed E-state index contributed by atoms with van der Waals surface area (Å²) >= 11 is 0. The minimum absolute atomic E-state index is 0.122. The van der Waals surface area contributed by atoms with E-state index in [2.05, 4.69) is 24.9 Å². The van der Waals surface area contributed by atoms with Crippen LogP contribution >= 0.6 is 0 Å². The van der Waals surface area contributed by atoms with Crippen molar-refractivity contribution >= 4 is 22.3 Å². The maximum Gasteiger partial charge on any atom is 0.327 e. The standard InChI is InChI=1S/C18H18N6O2/c25-18-23-17-15(24(18)10-11-2-5-26-6-3-11)7-12(8-20-17)14-9-21-16-13(22-14)1-4-19-16/h1,4,7-9,11H,2-3,5-6,10H2,(H,19,21)(H,20,23,25). The van der Waals surface area contributed by atoms with E-state index in [1.54, 1.807) is 17.0 Å². The average molecular weight is 350 g/mol. The Morgan fingerprint density at radius 2 is 2.04 bits per heavy atom. The van der Waals surface area contributed by atoms with Crippen LogP contribution in [-0.2, 0) is 11.3 Å². The van der Waals surface area contributed by atoms with Crippen molar-refractivity contribution in [3.63, 3.8) is 0 Å². The second kappa shape index (κ2) is 6.06. The van der Waals surface area contributed by atoms with Gasteiger partial charge in [-0.15, -0.1) is 0 Å². The Balaban J connectivity index is 1.57. The van der Waals surface area contributed by atoms with Gasteiger partial charge in [-0.3, -0.25) is 9.55 Å². The topological polar surface area (TPSA) is 101 Å². The molecule has 0 aromatic carbocycles. The van der Waals surface area contributed by atoms with Crippen molar-refractivity contribution in [3.05, 3.63) is 41.2 Å². The van der Waals surface area contributed by atoms with Gasteiger partial charge < -0.3 is 9.72 Å². The number of fused-ring (bicyclic) bond motifs is 2. The molecular formula is C18H18N6O2. The van der Waals surface area contributed by atoms with Gasteiger partial charge in [-0.1, -0.05) is 0 Å². The number of hydrogen-bond donors (Lipinski definition) is 2. The predicted molar refractivity (Wildman–Crippen MR) is 96.8 cm³/mol. The van der Waals surface area contributed by atoms with E-state index in [0.29, 0.717) is 18.1 Å². The summed E-state index contributed by atoms with van der Waals surface area (Å²) in [6.45, 7) is 2.20. The first-order valence-electron chi connectivity index (χ1n) is 8.75. The van der Waals surface area contributed by atoms with Crippen LogP contribution in [0.15, 0.2) is 35.5 Å². The molecule has 8 nitrogen and oxygen atoms in total. The van der Waals surface area contributed by atoms with E-state index in [0.717, 1.165) is 54.0 Å². The average Bonchev–Trinajstić information content (AvgIpc) is 3.26. The molecule has 0 aliphatic carbocycles. The molecule has 0 saturated carbocycles. The lowest BCUT2D eigenvalue weighted by Crippen LogP contribution is -2.25. The van der Waals surface area contributed by atoms with E-state index in [4.69, 9.17) is 4.74 Å². The lowest BCUT2D eigenvalue weighted by atomic mass is 10.0. The van der Waals surface area contributed by atoms with Crippen LogP contribution in [0.3, 0.4) is 0 Å². The van der Waals surface area contributed by atoms with Crippen molar-refractivity contribution < 1.29 is 4.74 Å². The number of pyridine rings is 1. The molecule has 2 N–H and O–H groups in total. The molecular weight excluding hydrogens is 332 g/mol. The Morgan fingerprint density at radius 3 is 2.92 bits per heavy atom. The summed E-state index contributed by atoms with van der Waals surface area (Å²) in [7, 11) is 0. The Bertz CT molecular complexity index is 1140. The monoisotopic (exact) mass is 350 g/mol. The van der Waals surface area contributed by atoms with Crippen molar-refractivity contribution in [2.45, 2.75) is 19.4 Å². The van der Waals surface area contributed by atoms with Crippen molar-refractivity contribution in [2.24, 2.45) is 5.92 Å². The van der Waals surface area contributed by atoms with Gasteiger partial charge in [0.2, 0.25) is 0 Å². The summed E-state index contributed by atoms with van der Waals surface area (Å²) in [6.07, 6.45) is 7.20. The van der Waals surface area contributed by atoms with Crippen LogP contribution in [0.4, 0.5) is 0 Å². The summed E-state index contributed by atoms with van der Waals surface area (Å²) in [5.41, 5.74) is 4.41. The highest BCUT2D eigenvalue weighted by molar-refractivity contribution is 5.79. The molecule has 4 aromatic heterocycles. The summed E-state index contributed by atoms with van der Waals surface area (Å²) < 4.78 is 7.20. The van der Waals surface area contributed by atoms with Crippen LogP contribution in [0.25, 0.3) is 33.6 Å². The second-order valence-electron chi connectivity index (χ2n) is 6.65. The van der Waals surface area contributed by atoms with Gasteiger partial charge in [0.05, 0.1) is 17.4 Å². The molecule has 0 atom stereocenters. The minimum Gasteiger partial charge on any atom is -0.381 e. The maximum atomic E-state index is 12.4. The van der Waals surface area contributed by atoms with Gasteiger partial charge in [-0.2, -0.15) is 0 Å². The minimum atomic E-state index is -0.122. The fourth-order valence-corrected chi connectivity index (χ4v) is 3.51. The van der Waals surface area contributed by atoms with Gasteiger partial charge in [0.25, 0.3) is 0 Å². The predicted octanol–water partition coefficient (Wildman–Crippen LogP) is 2.09. The number of nitrogens with zero attached hydrogens (tertiary/aromatic N) is 4. The first-order valence-corrected chi connectivity index (χ1v) is 8.75. The Hall–Kier alpha value is -3.00. The number of hydrogen-bond acceptors (Lipinski definition) is 5. The molecule has 26 heavy (non-hydrogen) atoms. The van der Waals surface area contributed by atoms with E-state index in [-0.39, 0.29) is 5.69 Å². The van der Waals surface area contributed by atoms with Crippen LogP contribution in [0.1, 0.15) is 12.8 Å². The summed E-state index contributed by atoms with van der Waals surface area (Å²) in [5.74, 6) is 0.445. The number of aromatic nitrogens is 6. The molecule has 0 spiro atoms. The van der Waals surface area contributed by atoms with Gasteiger partial charge in [0.15, 0.2) is 11.3 Å². The molecule has 5 heterocycles. The normalized spacial score (nSPS) is 15.8. The molecule has 4 aromatic rings. The Kier molecular flexibility index (Phi) is 3.56. The molecule has 0 unspecified atom stereocenters. The molecule has 0 amide bonds. The van der Waals surface area contributed by atoms with Crippen LogP contribution in [0.2, 0.25) is 0 Å². The van der Waals surface area contributed by atoms with Crippen molar-refractivity contribution in [1.29, 1.82) is 0 Å². The first-order chi connectivity index (χ1) is 12.8. The van der Waals surface area contributed by atoms with Crippen molar-refractivity contribution in [1.82, 2.24) is 29.5 Å². The zero-order chi connectivity index (χ0) is 17.5. The maximum absolute atomic E-state index is 12.4. The number of ether oxygens (including phenoxy) is 1. The van der Waals surface area contributed by atoms with Crippen molar-refractivity contribution in [2.75, 3.05) is 13.2 Å². The molecule has 0 bridgehead atoms. The number of rotatable bonds is 3. The highest BCUT2D eigenvalue weighted by Gasteiger charge is 2.18. The smallest absolute Gasteiger partial charge is 0.327 e. The van der Waals surface area contributed by atoms with Crippen LogP contribution < -0.4 is 5.69 Å². The molecule has 132 valence electrons. The fraction of sp³-hybridized carbons (Fsp3) is 0.333. The van der Waals surface area contributed by atoms with Gasteiger partial charge in [-0.05, 0) is 30.9 Å². The summed E-state index contributed by atoms with van der Waals surface area (Å²) in [6, 6.07) is 3.84. The van der Waals surface area contributed by atoms with E-state index in [1.165, 1.54) is 0 Å². The van der Waals surface area contributed by atoms with E-state index >= 15 is 0 Å².